The second-order valence-electron chi connectivity index (χ2n) is 7.62. The van der Waals surface area contributed by atoms with Gasteiger partial charge < -0.3 is 0 Å². The van der Waals surface area contributed by atoms with Gasteiger partial charge in [0.1, 0.15) is 0 Å². The Bertz CT molecular complexity index is 208. The average molecular weight is 271 g/mol. The zero-order chi connectivity index (χ0) is 14.9. The Morgan fingerprint density at radius 1 is 1.11 bits per heavy atom. The Balaban J connectivity index is 4.17. The third-order valence-corrected chi connectivity index (χ3v) is 4.04. The van der Waals surface area contributed by atoms with Crippen LogP contribution in [0.4, 0.5) is 0 Å². The van der Waals surface area contributed by atoms with Crippen LogP contribution < -0.4 is 11.3 Å². The fourth-order valence-electron chi connectivity index (χ4n) is 3.23. The maximum atomic E-state index is 5.77. The monoisotopic (exact) mass is 270 g/mol. The van der Waals surface area contributed by atoms with Gasteiger partial charge in [0.15, 0.2) is 0 Å². The first-order valence-corrected chi connectivity index (χ1v) is 8.28. The molecular formula is C17H38N2. The SMILES string of the molecule is CCCCC(CC)CC(CC(C)CC(C)(C)C)NN. The molecule has 0 saturated heterocycles. The lowest BCUT2D eigenvalue weighted by Gasteiger charge is -2.28. The van der Waals surface area contributed by atoms with E-state index in [1.165, 1.54) is 44.9 Å². The molecule has 0 aromatic rings. The van der Waals surface area contributed by atoms with E-state index >= 15 is 0 Å². The van der Waals surface area contributed by atoms with Crippen LogP contribution in [0.1, 0.15) is 86.5 Å². The number of hydrogen-bond acceptors (Lipinski definition) is 2. The second-order valence-corrected chi connectivity index (χ2v) is 7.62. The molecule has 0 bridgehead atoms. The summed E-state index contributed by atoms with van der Waals surface area (Å²) in [5, 5.41) is 0. The van der Waals surface area contributed by atoms with Gasteiger partial charge in [0.05, 0.1) is 0 Å². The third-order valence-electron chi connectivity index (χ3n) is 4.04. The van der Waals surface area contributed by atoms with Crippen LogP contribution in [0.25, 0.3) is 0 Å². The van der Waals surface area contributed by atoms with Gasteiger partial charge >= 0.3 is 0 Å². The normalized spacial score (nSPS) is 17.2. The first-order chi connectivity index (χ1) is 8.82. The molecule has 116 valence electrons. The Morgan fingerprint density at radius 3 is 2.16 bits per heavy atom. The van der Waals surface area contributed by atoms with Gasteiger partial charge in [0.25, 0.3) is 0 Å². The van der Waals surface area contributed by atoms with Crippen LogP contribution in [-0.2, 0) is 0 Å². The molecule has 0 aromatic heterocycles. The summed E-state index contributed by atoms with van der Waals surface area (Å²) in [7, 11) is 0. The van der Waals surface area contributed by atoms with Gasteiger partial charge in [-0.1, -0.05) is 67.2 Å². The lowest BCUT2D eigenvalue weighted by Crippen LogP contribution is -2.38. The summed E-state index contributed by atoms with van der Waals surface area (Å²) < 4.78 is 0. The molecule has 0 aliphatic heterocycles. The van der Waals surface area contributed by atoms with Crippen molar-refractivity contribution in [3.63, 3.8) is 0 Å². The molecule has 3 N–H and O–H groups in total. The molecular weight excluding hydrogens is 232 g/mol. The second kappa shape index (κ2) is 9.77. The van der Waals surface area contributed by atoms with E-state index in [1.807, 2.05) is 0 Å². The number of nitrogens with one attached hydrogen (secondary N) is 1. The smallest absolute Gasteiger partial charge is 0.0215 e. The summed E-state index contributed by atoms with van der Waals surface area (Å²) in [6.07, 6.45) is 9.02. The van der Waals surface area contributed by atoms with E-state index in [-0.39, 0.29) is 0 Å². The molecule has 0 saturated carbocycles. The van der Waals surface area contributed by atoms with E-state index in [0.29, 0.717) is 11.5 Å². The average Bonchev–Trinajstić information content (AvgIpc) is 2.30. The summed E-state index contributed by atoms with van der Waals surface area (Å²) in [5.74, 6) is 7.34. The van der Waals surface area contributed by atoms with Crippen LogP contribution in [-0.4, -0.2) is 6.04 Å². The highest BCUT2D eigenvalue weighted by Crippen LogP contribution is 2.28. The Labute approximate surface area is 121 Å². The molecule has 0 spiro atoms. The van der Waals surface area contributed by atoms with E-state index in [4.69, 9.17) is 5.84 Å². The van der Waals surface area contributed by atoms with Gasteiger partial charge in [0.2, 0.25) is 0 Å². The summed E-state index contributed by atoms with van der Waals surface area (Å²) in [6.45, 7) is 13.9. The zero-order valence-corrected chi connectivity index (χ0v) is 14.3. The van der Waals surface area contributed by atoms with E-state index in [0.717, 1.165) is 11.8 Å². The predicted molar refractivity (Wildman–Crippen MR) is 86.9 cm³/mol. The maximum Gasteiger partial charge on any atom is 0.0215 e. The van der Waals surface area contributed by atoms with Crippen molar-refractivity contribution in [3.05, 3.63) is 0 Å². The van der Waals surface area contributed by atoms with E-state index in [2.05, 4.69) is 47.0 Å². The molecule has 19 heavy (non-hydrogen) atoms. The largest absolute Gasteiger partial charge is 0.271 e. The van der Waals surface area contributed by atoms with Gasteiger partial charge in [-0.3, -0.25) is 11.3 Å². The topological polar surface area (TPSA) is 38.0 Å². The lowest BCUT2D eigenvalue weighted by molar-refractivity contribution is 0.254. The number of hydrogen-bond donors (Lipinski definition) is 2. The zero-order valence-electron chi connectivity index (χ0n) is 14.3. The van der Waals surface area contributed by atoms with E-state index < -0.39 is 0 Å². The van der Waals surface area contributed by atoms with Crippen molar-refractivity contribution >= 4 is 0 Å². The first kappa shape index (κ1) is 18.9. The van der Waals surface area contributed by atoms with Crippen LogP contribution >= 0.6 is 0 Å². The minimum absolute atomic E-state index is 0.422. The lowest BCUT2D eigenvalue weighted by atomic mass is 9.81. The van der Waals surface area contributed by atoms with E-state index in [9.17, 15) is 0 Å². The number of rotatable bonds is 10. The summed E-state index contributed by atoms with van der Waals surface area (Å²) in [4.78, 5) is 0. The fraction of sp³-hybridized carbons (Fsp3) is 1.00. The molecule has 2 heteroatoms. The Hall–Kier alpha value is -0.0800. The van der Waals surface area contributed by atoms with Gasteiger partial charge in [-0.2, -0.15) is 0 Å². The highest BCUT2D eigenvalue weighted by atomic mass is 15.2. The van der Waals surface area contributed by atoms with E-state index in [1.54, 1.807) is 0 Å². The molecule has 0 rings (SSSR count). The molecule has 0 aromatic carbocycles. The summed E-state index contributed by atoms with van der Waals surface area (Å²) >= 11 is 0. The van der Waals surface area contributed by atoms with Crippen LogP contribution in [0.2, 0.25) is 0 Å². The Kier molecular flexibility index (Phi) is 9.72. The van der Waals surface area contributed by atoms with Crippen molar-refractivity contribution in [1.29, 1.82) is 0 Å². The highest BCUT2D eigenvalue weighted by molar-refractivity contribution is 4.75. The van der Waals surface area contributed by atoms with Crippen molar-refractivity contribution in [3.8, 4) is 0 Å². The summed E-state index contributed by atoms with van der Waals surface area (Å²) in [6, 6.07) is 0.485. The third kappa shape index (κ3) is 10.4. The number of nitrogens with two attached hydrogens (primary N) is 1. The van der Waals surface area contributed by atoms with Crippen molar-refractivity contribution in [1.82, 2.24) is 5.43 Å². The van der Waals surface area contributed by atoms with Gasteiger partial charge in [0, 0.05) is 6.04 Å². The number of hydrazine groups is 1. The van der Waals surface area contributed by atoms with Crippen LogP contribution in [0.5, 0.6) is 0 Å². The molecule has 0 fully saturated rings. The van der Waals surface area contributed by atoms with Crippen LogP contribution in [0, 0.1) is 17.3 Å². The molecule has 0 aliphatic rings. The van der Waals surface area contributed by atoms with Crippen LogP contribution in [0.3, 0.4) is 0 Å². The van der Waals surface area contributed by atoms with Crippen molar-refractivity contribution in [2.45, 2.75) is 92.5 Å². The van der Waals surface area contributed by atoms with Crippen LogP contribution in [0.15, 0.2) is 0 Å². The van der Waals surface area contributed by atoms with Crippen molar-refractivity contribution in [2.75, 3.05) is 0 Å². The molecule has 3 atom stereocenters. The maximum absolute atomic E-state index is 5.77. The fourth-order valence-corrected chi connectivity index (χ4v) is 3.23. The van der Waals surface area contributed by atoms with Gasteiger partial charge in [-0.25, -0.2) is 0 Å². The van der Waals surface area contributed by atoms with Gasteiger partial charge in [-0.15, -0.1) is 0 Å². The predicted octanol–water partition coefficient (Wildman–Crippen LogP) is 4.89. The number of unbranched alkanes of at least 4 members (excludes halogenated alkanes) is 1. The summed E-state index contributed by atoms with van der Waals surface area (Å²) in [5.41, 5.74) is 3.48. The van der Waals surface area contributed by atoms with Crippen molar-refractivity contribution in [2.24, 2.45) is 23.1 Å². The molecule has 0 radical (unpaired) electrons. The van der Waals surface area contributed by atoms with Gasteiger partial charge in [-0.05, 0) is 36.5 Å². The molecule has 3 unspecified atom stereocenters. The molecule has 0 aliphatic carbocycles. The molecule has 0 heterocycles. The minimum Gasteiger partial charge on any atom is -0.271 e. The first-order valence-electron chi connectivity index (χ1n) is 8.28. The Morgan fingerprint density at radius 2 is 1.74 bits per heavy atom. The highest BCUT2D eigenvalue weighted by Gasteiger charge is 2.20. The van der Waals surface area contributed by atoms with Crippen molar-refractivity contribution < 1.29 is 0 Å². The standard InChI is InChI=1S/C17H38N2/c1-7-9-10-15(8-2)12-16(19-18)11-14(3)13-17(4,5)6/h14-16,19H,7-13,18H2,1-6H3. The molecule has 0 amide bonds. The molecule has 2 nitrogen and oxygen atoms in total. The quantitative estimate of drug-likeness (QED) is 0.438. The minimum atomic E-state index is 0.422.